The molecular weight excluding hydrogens is 198 g/mol. The Morgan fingerprint density at radius 2 is 2.14 bits per heavy atom. The number of halogens is 2. The number of rotatable bonds is 3. The third-order valence-corrected chi connectivity index (χ3v) is 1.46. The van der Waals surface area contributed by atoms with Crippen molar-refractivity contribution in [3.8, 4) is 5.75 Å². The number of hydrogen-bond acceptors (Lipinski definition) is 4. The number of nitro groups is 1. The molecule has 1 aromatic rings. The Morgan fingerprint density at radius 1 is 1.50 bits per heavy atom. The van der Waals surface area contributed by atoms with E-state index in [0.717, 1.165) is 12.1 Å². The SMILES string of the molecule is Nc1c(OC(F)F)cccc1[N+](=O)[O-]. The Hall–Kier alpha value is -1.92. The monoisotopic (exact) mass is 204 g/mol. The van der Waals surface area contributed by atoms with Crippen molar-refractivity contribution in [2.75, 3.05) is 5.73 Å². The minimum absolute atomic E-state index is 0.394. The van der Waals surface area contributed by atoms with E-state index >= 15 is 0 Å². The zero-order valence-corrected chi connectivity index (χ0v) is 6.81. The molecule has 2 N–H and O–H groups in total. The van der Waals surface area contributed by atoms with Gasteiger partial charge in [-0.15, -0.1) is 0 Å². The topological polar surface area (TPSA) is 78.4 Å². The quantitative estimate of drug-likeness (QED) is 0.462. The minimum Gasteiger partial charge on any atom is -0.432 e. The molecule has 0 aromatic heterocycles. The Labute approximate surface area is 77.2 Å². The van der Waals surface area contributed by atoms with E-state index in [2.05, 4.69) is 4.74 Å². The first-order chi connectivity index (χ1) is 6.52. The molecule has 0 saturated carbocycles. The summed E-state index contributed by atoms with van der Waals surface area (Å²) in [5.41, 5.74) is 4.37. The fraction of sp³-hybridized carbons (Fsp3) is 0.143. The summed E-state index contributed by atoms with van der Waals surface area (Å²) in [6.07, 6.45) is 0. The second-order valence-corrected chi connectivity index (χ2v) is 2.32. The fourth-order valence-corrected chi connectivity index (χ4v) is 0.890. The van der Waals surface area contributed by atoms with Gasteiger partial charge in [-0.05, 0) is 6.07 Å². The molecular formula is C7H6F2N2O3. The molecule has 0 fully saturated rings. The van der Waals surface area contributed by atoms with Crippen LogP contribution in [0.2, 0.25) is 0 Å². The van der Waals surface area contributed by atoms with Crippen LogP contribution in [0, 0.1) is 10.1 Å². The van der Waals surface area contributed by atoms with Gasteiger partial charge in [0.15, 0.2) is 11.4 Å². The largest absolute Gasteiger partial charge is 0.432 e. The molecule has 0 radical (unpaired) electrons. The van der Waals surface area contributed by atoms with E-state index in [0.29, 0.717) is 0 Å². The van der Waals surface area contributed by atoms with Crippen LogP contribution in [0.5, 0.6) is 5.75 Å². The maximum atomic E-state index is 11.8. The highest BCUT2D eigenvalue weighted by Gasteiger charge is 2.17. The van der Waals surface area contributed by atoms with Gasteiger partial charge >= 0.3 is 6.61 Å². The molecule has 76 valence electrons. The van der Waals surface area contributed by atoms with Crippen molar-refractivity contribution in [2.45, 2.75) is 6.61 Å². The van der Waals surface area contributed by atoms with Gasteiger partial charge in [-0.3, -0.25) is 10.1 Å². The summed E-state index contributed by atoms with van der Waals surface area (Å²) in [6, 6.07) is 3.45. The lowest BCUT2D eigenvalue weighted by molar-refractivity contribution is -0.384. The number of alkyl halides is 2. The molecule has 0 spiro atoms. The number of nitrogens with zero attached hydrogens (tertiary/aromatic N) is 1. The van der Waals surface area contributed by atoms with Gasteiger partial charge in [-0.1, -0.05) is 6.07 Å². The lowest BCUT2D eigenvalue weighted by Crippen LogP contribution is -2.05. The molecule has 1 aromatic carbocycles. The number of para-hydroxylation sites is 1. The van der Waals surface area contributed by atoms with Gasteiger partial charge in [0.25, 0.3) is 5.69 Å². The van der Waals surface area contributed by atoms with Gasteiger partial charge in [0.05, 0.1) is 4.92 Å². The highest BCUT2D eigenvalue weighted by molar-refractivity contribution is 5.66. The highest BCUT2D eigenvalue weighted by atomic mass is 19.3. The average molecular weight is 204 g/mol. The van der Waals surface area contributed by atoms with Crippen molar-refractivity contribution < 1.29 is 18.4 Å². The molecule has 0 aliphatic rings. The van der Waals surface area contributed by atoms with E-state index in [4.69, 9.17) is 5.73 Å². The molecule has 0 saturated heterocycles. The molecule has 0 heterocycles. The normalized spacial score (nSPS) is 10.2. The van der Waals surface area contributed by atoms with E-state index in [-0.39, 0.29) is 0 Å². The van der Waals surface area contributed by atoms with Crippen LogP contribution in [0.4, 0.5) is 20.2 Å². The number of benzene rings is 1. The Kier molecular flexibility index (Phi) is 2.80. The summed E-state index contributed by atoms with van der Waals surface area (Å²) >= 11 is 0. The lowest BCUT2D eigenvalue weighted by Gasteiger charge is -2.06. The summed E-state index contributed by atoms with van der Waals surface area (Å²) in [6.45, 7) is -3.06. The zero-order chi connectivity index (χ0) is 10.7. The van der Waals surface area contributed by atoms with Crippen LogP contribution in [0.25, 0.3) is 0 Å². The molecule has 0 aliphatic carbocycles. The molecule has 0 amide bonds. The Morgan fingerprint density at radius 3 is 2.64 bits per heavy atom. The van der Waals surface area contributed by atoms with Crippen LogP contribution in [-0.2, 0) is 0 Å². The molecule has 0 aliphatic heterocycles. The Bertz CT molecular complexity index is 357. The third-order valence-electron chi connectivity index (χ3n) is 1.46. The lowest BCUT2D eigenvalue weighted by atomic mass is 10.2. The molecule has 0 unspecified atom stereocenters. The number of nitrogens with two attached hydrogens (primary N) is 1. The highest BCUT2D eigenvalue weighted by Crippen LogP contribution is 2.31. The first-order valence-corrected chi connectivity index (χ1v) is 3.50. The van der Waals surface area contributed by atoms with Crippen LogP contribution >= 0.6 is 0 Å². The van der Waals surface area contributed by atoms with Gasteiger partial charge in [-0.25, -0.2) is 0 Å². The van der Waals surface area contributed by atoms with Crippen molar-refractivity contribution in [3.05, 3.63) is 28.3 Å². The second-order valence-electron chi connectivity index (χ2n) is 2.32. The molecule has 1 rings (SSSR count). The molecule has 0 atom stereocenters. The van der Waals surface area contributed by atoms with Gasteiger partial charge in [0, 0.05) is 6.07 Å². The molecule has 14 heavy (non-hydrogen) atoms. The van der Waals surface area contributed by atoms with Crippen LogP contribution in [0.15, 0.2) is 18.2 Å². The first-order valence-electron chi connectivity index (χ1n) is 3.50. The summed E-state index contributed by atoms with van der Waals surface area (Å²) in [5.74, 6) is -0.394. The fourth-order valence-electron chi connectivity index (χ4n) is 0.890. The van der Waals surface area contributed by atoms with E-state index in [1.807, 2.05) is 0 Å². The summed E-state index contributed by atoms with van der Waals surface area (Å²) in [4.78, 5) is 9.57. The van der Waals surface area contributed by atoms with Crippen LogP contribution in [-0.4, -0.2) is 11.5 Å². The van der Waals surface area contributed by atoms with Crippen molar-refractivity contribution in [1.29, 1.82) is 0 Å². The maximum absolute atomic E-state index is 11.8. The first kappa shape index (κ1) is 10.2. The standard InChI is InChI=1S/C7H6F2N2O3/c8-7(9)14-5-3-1-2-4(6(5)10)11(12)13/h1-3,7H,10H2. The van der Waals surface area contributed by atoms with Gasteiger partial charge < -0.3 is 10.5 Å². The van der Waals surface area contributed by atoms with Crippen molar-refractivity contribution >= 4 is 11.4 Å². The minimum atomic E-state index is -3.06. The predicted octanol–water partition coefficient (Wildman–Crippen LogP) is 1.78. The van der Waals surface area contributed by atoms with E-state index in [9.17, 15) is 18.9 Å². The average Bonchev–Trinajstić information content (AvgIpc) is 2.07. The van der Waals surface area contributed by atoms with Crippen molar-refractivity contribution in [1.82, 2.24) is 0 Å². The van der Waals surface area contributed by atoms with Crippen molar-refractivity contribution in [2.24, 2.45) is 0 Å². The summed E-state index contributed by atoms with van der Waals surface area (Å²) in [7, 11) is 0. The van der Waals surface area contributed by atoms with Crippen molar-refractivity contribution in [3.63, 3.8) is 0 Å². The zero-order valence-electron chi connectivity index (χ0n) is 6.81. The second kappa shape index (κ2) is 3.86. The number of ether oxygens (including phenoxy) is 1. The van der Waals surface area contributed by atoms with Gasteiger partial charge in [-0.2, -0.15) is 8.78 Å². The van der Waals surface area contributed by atoms with E-state index < -0.39 is 28.7 Å². The molecule has 7 heteroatoms. The molecule has 5 nitrogen and oxygen atoms in total. The van der Waals surface area contributed by atoms with Crippen LogP contribution in [0.3, 0.4) is 0 Å². The predicted molar refractivity (Wildman–Crippen MR) is 44.1 cm³/mol. The number of anilines is 1. The Balaban J connectivity index is 3.07. The molecule has 0 bridgehead atoms. The van der Waals surface area contributed by atoms with Crippen LogP contribution in [0.1, 0.15) is 0 Å². The summed E-state index contributed by atoms with van der Waals surface area (Å²) in [5, 5.41) is 10.3. The summed E-state index contributed by atoms with van der Waals surface area (Å²) < 4.78 is 27.5. The van der Waals surface area contributed by atoms with E-state index in [1.54, 1.807) is 0 Å². The number of nitro benzene ring substituents is 1. The van der Waals surface area contributed by atoms with Gasteiger partial charge in [0.2, 0.25) is 0 Å². The smallest absolute Gasteiger partial charge is 0.387 e. The van der Waals surface area contributed by atoms with Gasteiger partial charge in [0.1, 0.15) is 0 Å². The third kappa shape index (κ3) is 2.06. The van der Waals surface area contributed by atoms with E-state index in [1.165, 1.54) is 6.07 Å². The van der Waals surface area contributed by atoms with Crippen LogP contribution < -0.4 is 10.5 Å². The number of hydrogen-bond donors (Lipinski definition) is 1. The maximum Gasteiger partial charge on any atom is 0.387 e. The number of nitrogen functional groups attached to an aromatic ring is 1.